The highest BCUT2D eigenvalue weighted by Gasteiger charge is 2.32. The van der Waals surface area contributed by atoms with Gasteiger partial charge in [0.15, 0.2) is 0 Å². The van der Waals surface area contributed by atoms with Gasteiger partial charge in [-0.05, 0) is 61.1 Å². The molecule has 1 aromatic carbocycles. The largest absolute Gasteiger partial charge is 0.461 e. The first-order valence-electron chi connectivity index (χ1n) is 9.62. The van der Waals surface area contributed by atoms with Crippen LogP contribution in [0.25, 0.3) is 0 Å². The Balaban J connectivity index is 1.39. The zero-order valence-electron chi connectivity index (χ0n) is 15.3. The molecule has 2 aliphatic rings. The topological polar surface area (TPSA) is 38.3 Å². The van der Waals surface area contributed by atoms with Gasteiger partial charge in [0.25, 0.3) is 0 Å². The number of carbonyl (C=O) groups excluding carboxylic acids is 1. The molecule has 2 aliphatic carbocycles. The molecule has 2 atom stereocenters. The summed E-state index contributed by atoms with van der Waals surface area (Å²) in [5.74, 6) is 2.11. The van der Waals surface area contributed by atoms with Gasteiger partial charge in [0, 0.05) is 12.1 Å². The molecule has 0 aliphatic heterocycles. The minimum atomic E-state index is -4.35. The number of rotatable bonds is 7. The van der Waals surface area contributed by atoms with Crippen LogP contribution in [0.15, 0.2) is 24.3 Å². The van der Waals surface area contributed by atoms with Crippen molar-refractivity contribution in [3.63, 3.8) is 0 Å². The van der Waals surface area contributed by atoms with E-state index in [0.717, 1.165) is 18.3 Å². The lowest BCUT2D eigenvalue weighted by molar-refractivity contribution is -0.145. The van der Waals surface area contributed by atoms with Gasteiger partial charge in [0.2, 0.25) is 0 Å². The van der Waals surface area contributed by atoms with Crippen LogP contribution in [0.1, 0.15) is 56.9 Å². The van der Waals surface area contributed by atoms with Crippen LogP contribution < -0.4 is 4.72 Å². The maximum absolute atomic E-state index is 12.2. The highest BCUT2D eigenvalue weighted by molar-refractivity contribution is 8.01. The summed E-state index contributed by atoms with van der Waals surface area (Å²) in [5.41, 5.74) is -3.34. The van der Waals surface area contributed by atoms with Crippen molar-refractivity contribution in [3.8, 4) is 0 Å². The third-order valence-electron chi connectivity index (χ3n) is 5.59. The Bertz CT molecular complexity index is 626. The van der Waals surface area contributed by atoms with Crippen molar-refractivity contribution in [2.45, 2.75) is 63.5 Å². The number of alkyl halides is 3. The Morgan fingerprint density at radius 3 is 2.63 bits per heavy atom. The van der Waals surface area contributed by atoms with Gasteiger partial charge in [0.05, 0.1) is 11.9 Å². The van der Waals surface area contributed by atoms with E-state index in [2.05, 4.69) is 4.72 Å². The molecule has 0 saturated heterocycles. The molecule has 3 rings (SSSR count). The van der Waals surface area contributed by atoms with Crippen LogP contribution >= 0.6 is 11.9 Å². The molecule has 150 valence electrons. The third kappa shape index (κ3) is 6.94. The summed E-state index contributed by atoms with van der Waals surface area (Å²) in [5, 5.41) is 0. The molecule has 0 heterocycles. The fourth-order valence-electron chi connectivity index (χ4n) is 4.50. The lowest BCUT2D eigenvalue weighted by Gasteiger charge is -2.39. The molecule has 2 bridgehead atoms. The molecular weight excluding hydrogens is 375 g/mol. The highest BCUT2D eigenvalue weighted by atomic mass is 32.2. The van der Waals surface area contributed by atoms with Gasteiger partial charge in [0.1, 0.15) is 6.61 Å². The average molecular weight is 401 g/mol. The molecule has 1 N–H and O–H groups in total. The number of esters is 1. The van der Waals surface area contributed by atoms with Gasteiger partial charge in [-0.25, -0.2) is 0 Å². The molecular formula is C20H26F3NO2S. The van der Waals surface area contributed by atoms with Crippen molar-refractivity contribution < 1.29 is 22.7 Å². The monoisotopic (exact) mass is 401 g/mol. The Morgan fingerprint density at radius 2 is 1.93 bits per heavy atom. The number of anilines is 1. The van der Waals surface area contributed by atoms with Crippen LogP contribution in [0.4, 0.5) is 18.9 Å². The summed E-state index contributed by atoms with van der Waals surface area (Å²) in [6.45, 7) is 0.0843. The number of hydrogen-bond donors (Lipinski definition) is 1. The lowest BCUT2D eigenvalue weighted by atomic mass is 9.67. The second kappa shape index (κ2) is 9.22. The van der Waals surface area contributed by atoms with Crippen molar-refractivity contribution in [3.05, 3.63) is 29.8 Å². The van der Waals surface area contributed by atoms with Crippen LogP contribution in [-0.2, 0) is 16.1 Å². The molecule has 1 aromatic rings. The molecule has 2 saturated carbocycles. The van der Waals surface area contributed by atoms with E-state index in [1.165, 1.54) is 38.5 Å². The minimum Gasteiger partial charge on any atom is -0.461 e. The van der Waals surface area contributed by atoms with E-state index >= 15 is 0 Å². The fraction of sp³-hybridized carbons (Fsp3) is 0.650. The van der Waals surface area contributed by atoms with E-state index in [1.54, 1.807) is 24.3 Å². The first kappa shape index (κ1) is 20.4. The number of carbonyl (C=O) groups is 1. The number of fused-ring (bicyclic) bond motifs is 2. The molecule has 2 unspecified atom stereocenters. The first-order chi connectivity index (χ1) is 12.9. The summed E-state index contributed by atoms with van der Waals surface area (Å²) in [4.78, 5) is 12.1. The quantitative estimate of drug-likeness (QED) is 0.429. The number of halogens is 3. The molecule has 3 nitrogen and oxygen atoms in total. The molecule has 0 aromatic heterocycles. The van der Waals surface area contributed by atoms with Crippen LogP contribution in [-0.4, -0.2) is 11.5 Å². The second-order valence-electron chi connectivity index (χ2n) is 7.79. The maximum atomic E-state index is 12.2. The number of benzene rings is 1. The van der Waals surface area contributed by atoms with Gasteiger partial charge < -0.3 is 9.46 Å². The van der Waals surface area contributed by atoms with Gasteiger partial charge in [-0.15, -0.1) is 0 Å². The summed E-state index contributed by atoms with van der Waals surface area (Å²) in [6.07, 6.45) is 9.21. The molecule has 27 heavy (non-hydrogen) atoms. The van der Waals surface area contributed by atoms with Crippen molar-refractivity contribution in [2.24, 2.45) is 17.8 Å². The van der Waals surface area contributed by atoms with Crippen LogP contribution in [0.3, 0.4) is 0 Å². The molecule has 0 amide bonds. The summed E-state index contributed by atoms with van der Waals surface area (Å²) in [7, 11) is 0. The number of ether oxygens (including phenoxy) is 1. The van der Waals surface area contributed by atoms with E-state index in [1.807, 2.05) is 0 Å². The van der Waals surface area contributed by atoms with E-state index < -0.39 is 5.51 Å². The first-order valence-corrected chi connectivity index (χ1v) is 10.4. The van der Waals surface area contributed by atoms with Crippen LogP contribution in [0.5, 0.6) is 0 Å². The van der Waals surface area contributed by atoms with Crippen molar-refractivity contribution in [2.75, 3.05) is 4.72 Å². The van der Waals surface area contributed by atoms with E-state index in [0.29, 0.717) is 23.6 Å². The second-order valence-corrected chi connectivity index (χ2v) is 8.66. The Labute approximate surface area is 162 Å². The highest BCUT2D eigenvalue weighted by Crippen LogP contribution is 2.43. The standard InChI is InChI=1S/C20H26F3NO2S/c21-20(22,23)27-24-18-6-2-5-17(12-18)13-26-19(25)8-7-16-10-14-3-1-4-15(9-14)11-16/h2,5-6,12,14-16,24H,1,3-4,7-11,13H2. The molecule has 7 heteroatoms. The van der Waals surface area contributed by atoms with E-state index in [-0.39, 0.29) is 24.5 Å². The van der Waals surface area contributed by atoms with Crippen molar-refractivity contribution in [1.29, 1.82) is 0 Å². The molecule has 0 spiro atoms. The van der Waals surface area contributed by atoms with Gasteiger partial charge in [-0.3, -0.25) is 4.79 Å². The zero-order valence-corrected chi connectivity index (χ0v) is 16.1. The minimum absolute atomic E-state index is 0.0843. The fourth-order valence-corrected chi connectivity index (χ4v) is 4.87. The van der Waals surface area contributed by atoms with Crippen LogP contribution in [0.2, 0.25) is 0 Å². The average Bonchev–Trinajstić information content (AvgIpc) is 2.62. The summed E-state index contributed by atoms with van der Waals surface area (Å²) >= 11 is -0.307. The van der Waals surface area contributed by atoms with Gasteiger partial charge >= 0.3 is 11.5 Å². The predicted molar refractivity (Wildman–Crippen MR) is 101 cm³/mol. The van der Waals surface area contributed by atoms with E-state index in [9.17, 15) is 18.0 Å². The smallest absolute Gasteiger partial charge is 0.461 e. The molecule has 0 radical (unpaired) electrons. The maximum Gasteiger partial charge on any atom is 0.461 e. The Morgan fingerprint density at radius 1 is 1.19 bits per heavy atom. The molecule has 2 fully saturated rings. The summed E-state index contributed by atoms with van der Waals surface area (Å²) < 4.78 is 44.3. The van der Waals surface area contributed by atoms with Gasteiger partial charge in [-0.1, -0.05) is 31.4 Å². The number of nitrogens with one attached hydrogen (secondary N) is 1. The van der Waals surface area contributed by atoms with Gasteiger partial charge in [-0.2, -0.15) is 13.2 Å². The van der Waals surface area contributed by atoms with Crippen LogP contribution in [0, 0.1) is 17.8 Å². The Kier molecular flexibility index (Phi) is 6.95. The van der Waals surface area contributed by atoms with Crippen molar-refractivity contribution >= 4 is 23.6 Å². The summed E-state index contributed by atoms with van der Waals surface area (Å²) in [6, 6.07) is 6.49. The van der Waals surface area contributed by atoms with Crippen molar-refractivity contribution in [1.82, 2.24) is 0 Å². The normalized spacial score (nSPS) is 25.1. The lowest BCUT2D eigenvalue weighted by Crippen LogP contribution is -2.27. The Hall–Kier alpha value is -1.37. The SMILES string of the molecule is O=C(CCC1CC2CCCC(C2)C1)OCc1cccc(NSC(F)(F)F)c1. The zero-order chi connectivity index (χ0) is 19.3. The third-order valence-corrected chi connectivity index (χ3v) is 6.16. The predicted octanol–water partition coefficient (Wildman–Crippen LogP) is 6.31. The van der Waals surface area contributed by atoms with E-state index in [4.69, 9.17) is 4.74 Å². The number of hydrogen-bond acceptors (Lipinski definition) is 4.